The number of benzene rings is 2. The summed E-state index contributed by atoms with van der Waals surface area (Å²) < 4.78 is 25.9. The highest BCUT2D eigenvalue weighted by atomic mass is 35.5. The molecule has 1 N–H and O–H groups in total. The van der Waals surface area contributed by atoms with E-state index in [1.54, 1.807) is 29.8 Å². The summed E-state index contributed by atoms with van der Waals surface area (Å²) in [7, 11) is -3.72. The fourth-order valence-corrected chi connectivity index (χ4v) is 3.34. The average molecular weight is 375 g/mol. The van der Waals surface area contributed by atoms with Gasteiger partial charge < -0.3 is 0 Å². The van der Waals surface area contributed by atoms with Crippen molar-refractivity contribution in [1.82, 2.24) is 14.6 Å². The number of sulfonamides is 1. The molecule has 0 radical (unpaired) electrons. The Labute approximate surface area is 150 Å². The van der Waals surface area contributed by atoms with Crippen molar-refractivity contribution in [2.45, 2.75) is 11.8 Å². The van der Waals surface area contributed by atoms with E-state index in [9.17, 15) is 8.42 Å². The molecule has 0 saturated heterocycles. The normalized spacial score (nSPS) is 11.8. The van der Waals surface area contributed by atoms with Gasteiger partial charge in [0.2, 0.25) is 0 Å². The minimum atomic E-state index is -3.72. The van der Waals surface area contributed by atoms with Gasteiger partial charge in [-0.1, -0.05) is 48.0 Å². The molecule has 0 saturated carbocycles. The summed E-state index contributed by atoms with van der Waals surface area (Å²) in [6.45, 7) is 1.78. The van der Waals surface area contributed by atoms with Crippen molar-refractivity contribution in [2.75, 3.05) is 0 Å². The lowest BCUT2D eigenvalue weighted by Gasteiger charge is -2.03. The summed E-state index contributed by atoms with van der Waals surface area (Å²) in [6, 6.07) is 17.4. The predicted octanol–water partition coefficient (Wildman–Crippen LogP) is 3.15. The summed E-state index contributed by atoms with van der Waals surface area (Å²) in [5.74, 6) is 0. The third-order valence-electron chi connectivity index (χ3n) is 3.47. The van der Waals surface area contributed by atoms with Crippen LogP contribution in [0.25, 0.3) is 5.69 Å². The third-order valence-corrected chi connectivity index (χ3v) is 5.07. The number of hydrogen-bond acceptors (Lipinski definition) is 4. The van der Waals surface area contributed by atoms with E-state index in [0.29, 0.717) is 16.4 Å². The number of nitrogens with one attached hydrogen (secondary N) is 1. The molecule has 0 bridgehead atoms. The zero-order valence-corrected chi connectivity index (χ0v) is 14.9. The molecule has 3 rings (SSSR count). The van der Waals surface area contributed by atoms with Crippen molar-refractivity contribution in [1.29, 1.82) is 0 Å². The van der Waals surface area contributed by atoms with Crippen molar-refractivity contribution in [2.24, 2.45) is 5.10 Å². The van der Waals surface area contributed by atoms with Crippen molar-refractivity contribution < 1.29 is 8.42 Å². The van der Waals surface area contributed by atoms with E-state index in [4.69, 9.17) is 11.6 Å². The van der Waals surface area contributed by atoms with Crippen molar-refractivity contribution in [3.8, 4) is 5.69 Å². The van der Waals surface area contributed by atoms with Crippen LogP contribution in [-0.2, 0) is 10.0 Å². The van der Waals surface area contributed by atoms with Gasteiger partial charge >= 0.3 is 0 Å². The first-order chi connectivity index (χ1) is 12.0. The van der Waals surface area contributed by atoms with E-state index in [-0.39, 0.29) is 4.90 Å². The Hall–Kier alpha value is -2.64. The summed E-state index contributed by atoms with van der Waals surface area (Å²) >= 11 is 6.36. The van der Waals surface area contributed by atoms with Gasteiger partial charge in [-0.3, -0.25) is 0 Å². The van der Waals surface area contributed by atoms with Crippen LogP contribution in [0.15, 0.2) is 70.7 Å². The van der Waals surface area contributed by atoms with Gasteiger partial charge in [0.25, 0.3) is 10.0 Å². The zero-order chi connectivity index (χ0) is 17.9. The minimum absolute atomic E-state index is 0.134. The number of halogens is 1. The van der Waals surface area contributed by atoms with Gasteiger partial charge in [0.15, 0.2) is 0 Å². The first-order valence-corrected chi connectivity index (χ1v) is 9.25. The molecular weight excluding hydrogens is 360 g/mol. The quantitative estimate of drug-likeness (QED) is 0.550. The molecular formula is C17H15ClN4O2S. The maximum Gasteiger partial charge on any atom is 0.276 e. The Kier molecular flexibility index (Phi) is 4.87. The van der Waals surface area contributed by atoms with E-state index < -0.39 is 10.0 Å². The monoisotopic (exact) mass is 374 g/mol. The van der Waals surface area contributed by atoms with Crippen molar-refractivity contribution in [3.05, 3.63) is 77.1 Å². The number of hydrazone groups is 1. The van der Waals surface area contributed by atoms with E-state index in [1.807, 2.05) is 30.3 Å². The molecule has 0 fully saturated rings. The molecule has 0 aliphatic rings. The third kappa shape index (κ3) is 3.72. The summed E-state index contributed by atoms with van der Waals surface area (Å²) in [5, 5.41) is 8.54. The molecule has 25 heavy (non-hydrogen) atoms. The van der Waals surface area contributed by atoms with Crippen LogP contribution in [0.5, 0.6) is 0 Å². The second kappa shape index (κ2) is 7.08. The second-order valence-electron chi connectivity index (χ2n) is 5.20. The lowest BCUT2D eigenvalue weighted by molar-refractivity contribution is 0.584. The van der Waals surface area contributed by atoms with Gasteiger partial charge in [-0.2, -0.15) is 18.6 Å². The molecule has 1 heterocycles. The van der Waals surface area contributed by atoms with Crippen molar-refractivity contribution >= 4 is 27.8 Å². The molecule has 3 aromatic rings. The average Bonchev–Trinajstić information content (AvgIpc) is 2.91. The van der Waals surface area contributed by atoms with Gasteiger partial charge in [-0.15, -0.1) is 0 Å². The summed E-state index contributed by atoms with van der Waals surface area (Å²) in [4.78, 5) is 2.31. The maximum atomic E-state index is 12.1. The number of aromatic nitrogens is 2. The number of rotatable bonds is 5. The Balaban J connectivity index is 1.84. The standard InChI is InChI=1S/C17H15ClN4O2S/c1-13-16(17(18)22(20-13)14-8-4-2-5-9-14)12-19-21-25(23,24)15-10-6-3-7-11-15/h2-12,21H,1H3/b19-12-. The zero-order valence-electron chi connectivity index (χ0n) is 13.3. The van der Waals surface area contributed by atoms with Crippen LogP contribution in [0.4, 0.5) is 0 Å². The molecule has 2 aromatic carbocycles. The minimum Gasteiger partial charge on any atom is -0.221 e. The van der Waals surface area contributed by atoms with Crippen LogP contribution in [0.1, 0.15) is 11.3 Å². The highest BCUT2D eigenvalue weighted by Crippen LogP contribution is 2.21. The summed E-state index contributed by atoms with van der Waals surface area (Å²) in [6.07, 6.45) is 1.35. The largest absolute Gasteiger partial charge is 0.276 e. The fourth-order valence-electron chi connectivity index (χ4n) is 2.21. The molecule has 0 atom stereocenters. The number of aryl methyl sites for hydroxylation is 1. The second-order valence-corrected chi connectivity index (χ2v) is 7.22. The predicted molar refractivity (Wildman–Crippen MR) is 97.7 cm³/mol. The van der Waals surface area contributed by atoms with E-state index in [2.05, 4.69) is 15.0 Å². The number of nitrogens with zero attached hydrogens (tertiary/aromatic N) is 3. The Bertz CT molecular complexity index is 1000. The molecule has 0 aliphatic heterocycles. The molecule has 128 valence electrons. The highest BCUT2D eigenvalue weighted by molar-refractivity contribution is 7.89. The molecule has 0 spiro atoms. The van der Waals surface area contributed by atoms with Crippen LogP contribution in [-0.4, -0.2) is 24.4 Å². The van der Waals surface area contributed by atoms with Gasteiger partial charge in [0, 0.05) is 0 Å². The molecule has 8 heteroatoms. The van der Waals surface area contributed by atoms with Gasteiger partial charge in [-0.05, 0) is 31.2 Å². The Morgan fingerprint density at radius 2 is 1.68 bits per heavy atom. The van der Waals surface area contributed by atoms with E-state index >= 15 is 0 Å². The SMILES string of the molecule is Cc1nn(-c2ccccc2)c(Cl)c1/C=N\NS(=O)(=O)c1ccccc1. The molecule has 6 nitrogen and oxygen atoms in total. The molecule has 0 aliphatic carbocycles. The fraction of sp³-hybridized carbons (Fsp3) is 0.0588. The van der Waals surface area contributed by atoms with Gasteiger partial charge in [0.1, 0.15) is 5.15 Å². The lowest BCUT2D eigenvalue weighted by atomic mass is 10.3. The highest BCUT2D eigenvalue weighted by Gasteiger charge is 2.14. The number of hydrogen-bond donors (Lipinski definition) is 1. The van der Waals surface area contributed by atoms with Crippen LogP contribution in [0.2, 0.25) is 5.15 Å². The van der Waals surface area contributed by atoms with Crippen LogP contribution < -0.4 is 4.83 Å². The molecule has 0 amide bonds. The Morgan fingerprint density at radius 3 is 2.32 bits per heavy atom. The van der Waals surface area contributed by atoms with Crippen LogP contribution >= 0.6 is 11.6 Å². The van der Waals surface area contributed by atoms with E-state index in [1.165, 1.54) is 18.3 Å². The summed E-state index contributed by atoms with van der Waals surface area (Å²) in [5.41, 5.74) is 1.98. The topological polar surface area (TPSA) is 76.3 Å². The first kappa shape index (κ1) is 17.2. The van der Waals surface area contributed by atoms with Crippen molar-refractivity contribution in [3.63, 3.8) is 0 Å². The smallest absolute Gasteiger partial charge is 0.221 e. The van der Waals surface area contributed by atoms with Crippen LogP contribution in [0, 0.1) is 6.92 Å². The lowest BCUT2D eigenvalue weighted by Crippen LogP contribution is -2.18. The Morgan fingerprint density at radius 1 is 1.08 bits per heavy atom. The van der Waals surface area contributed by atoms with Gasteiger partial charge in [0.05, 0.1) is 28.1 Å². The molecule has 0 unspecified atom stereocenters. The molecule has 1 aromatic heterocycles. The number of para-hydroxylation sites is 1. The maximum absolute atomic E-state index is 12.1. The van der Waals surface area contributed by atoms with Crippen LogP contribution in [0.3, 0.4) is 0 Å². The van der Waals surface area contributed by atoms with E-state index in [0.717, 1.165) is 5.69 Å². The first-order valence-electron chi connectivity index (χ1n) is 7.39. The van der Waals surface area contributed by atoms with Gasteiger partial charge in [-0.25, -0.2) is 9.51 Å².